The third-order valence-electron chi connectivity index (χ3n) is 4.64. The van der Waals surface area contributed by atoms with Gasteiger partial charge in [-0.15, -0.1) is 0 Å². The number of anilines is 1. The summed E-state index contributed by atoms with van der Waals surface area (Å²) in [5, 5.41) is 16.4. The number of carboxylic acid groups (broad SMARTS) is 1. The molecule has 2 unspecified atom stereocenters. The van der Waals surface area contributed by atoms with Crippen molar-refractivity contribution >= 4 is 17.6 Å². The number of aryl methyl sites for hydroxylation is 2. The normalized spacial score (nSPS) is 13.3. The molecule has 25 heavy (non-hydrogen) atoms. The zero-order valence-corrected chi connectivity index (χ0v) is 15.3. The van der Waals surface area contributed by atoms with Crippen LogP contribution in [0.3, 0.4) is 0 Å². The molecule has 6 heteroatoms. The number of aliphatic carboxylic acids is 1. The fourth-order valence-corrected chi connectivity index (χ4v) is 2.81. The maximum atomic E-state index is 12.5. The number of amides is 1. The quantitative estimate of drug-likeness (QED) is 0.844. The molecule has 2 N–H and O–H groups in total. The smallest absolute Gasteiger partial charge is 0.310 e. The van der Waals surface area contributed by atoms with Gasteiger partial charge < -0.3 is 10.4 Å². The van der Waals surface area contributed by atoms with Gasteiger partial charge in [-0.3, -0.25) is 14.3 Å². The lowest BCUT2D eigenvalue weighted by molar-refractivity contribution is -0.138. The first kappa shape index (κ1) is 18.7. The molecule has 0 saturated heterocycles. The van der Waals surface area contributed by atoms with Crippen molar-refractivity contribution < 1.29 is 14.7 Å². The molecule has 0 radical (unpaired) electrons. The van der Waals surface area contributed by atoms with Crippen molar-refractivity contribution in [2.75, 3.05) is 5.32 Å². The van der Waals surface area contributed by atoms with Crippen LogP contribution in [-0.4, -0.2) is 26.8 Å². The summed E-state index contributed by atoms with van der Waals surface area (Å²) in [7, 11) is 1.89. The van der Waals surface area contributed by atoms with Crippen molar-refractivity contribution in [3.63, 3.8) is 0 Å². The lowest BCUT2D eigenvalue weighted by Gasteiger charge is -2.14. The van der Waals surface area contributed by atoms with Gasteiger partial charge in [0.1, 0.15) is 0 Å². The van der Waals surface area contributed by atoms with Crippen molar-refractivity contribution in [2.24, 2.45) is 13.0 Å². The molecule has 0 spiro atoms. The second kappa shape index (κ2) is 7.51. The van der Waals surface area contributed by atoms with Crippen LogP contribution in [0.2, 0.25) is 0 Å². The Morgan fingerprint density at radius 2 is 1.96 bits per heavy atom. The largest absolute Gasteiger partial charge is 0.481 e. The number of carbonyl (C=O) groups excluding carboxylic acids is 1. The van der Waals surface area contributed by atoms with Crippen LogP contribution in [0.5, 0.6) is 0 Å². The molecular formula is C19H25N3O3. The third kappa shape index (κ3) is 4.26. The second-order valence-corrected chi connectivity index (χ2v) is 6.55. The zero-order chi connectivity index (χ0) is 18.7. The van der Waals surface area contributed by atoms with E-state index >= 15 is 0 Å². The molecule has 1 aromatic carbocycles. The van der Waals surface area contributed by atoms with E-state index in [1.54, 1.807) is 31.2 Å². The van der Waals surface area contributed by atoms with Crippen LogP contribution in [0, 0.1) is 19.8 Å². The van der Waals surface area contributed by atoms with Gasteiger partial charge in [0.05, 0.1) is 11.6 Å². The van der Waals surface area contributed by atoms with E-state index in [2.05, 4.69) is 10.4 Å². The maximum Gasteiger partial charge on any atom is 0.310 e. The summed E-state index contributed by atoms with van der Waals surface area (Å²) in [5.41, 5.74) is 4.38. The van der Waals surface area contributed by atoms with Crippen LogP contribution >= 0.6 is 0 Å². The van der Waals surface area contributed by atoms with Gasteiger partial charge >= 0.3 is 5.97 Å². The van der Waals surface area contributed by atoms with Gasteiger partial charge in [0.25, 0.3) is 0 Å². The number of rotatable bonds is 6. The van der Waals surface area contributed by atoms with Crippen molar-refractivity contribution in [3.05, 3.63) is 46.8 Å². The number of carbonyl (C=O) groups is 2. The fraction of sp³-hybridized carbons (Fsp3) is 0.421. The Hall–Kier alpha value is -2.63. The highest BCUT2D eigenvalue weighted by Crippen LogP contribution is 2.21. The van der Waals surface area contributed by atoms with Gasteiger partial charge in [0.2, 0.25) is 5.91 Å². The molecule has 0 aliphatic carbocycles. The topological polar surface area (TPSA) is 84.2 Å². The van der Waals surface area contributed by atoms with Gasteiger partial charge in [-0.25, -0.2) is 0 Å². The van der Waals surface area contributed by atoms with Crippen molar-refractivity contribution in [1.29, 1.82) is 0 Å². The summed E-state index contributed by atoms with van der Waals surface area (Å²) in [5.74, 6) is -1.82. The van der Waals surface area contributed by atoms with Crippen LogP contribution in [-0.2, 0) is 23.1 Å². The van der Waals surface area contributed by atoms with Gasteiger partial charge in [-0.05, 0) is 50.5 Å². The van der Waals surface area contributed by atoms with Crippen LogP contribution in [0.15, 0.2) is 24.3 Å². The molecule has 2 rings (SSSR count). The van der Waals surface area contributed by atoms with E-state index in [9.17, 15) is 9.59 Å². The highest BCUT2D eigenvalue weighted by Gasteiger charge is 2.19. The Morgan fingerprint density at radius 3 is 2.52 bits per heavy atom. The lowest BCUT2D eigenvalue weighted by atomic mass is 9.98. The van der Waals surface area contributed by atoms with E-state index in [0.29, 0.717) is 17.7 Å². The second-order valence-electron chi connectivity index (χ2n) is 6.55. The van der Waals surface area contributed by atoms with Gasteiger partial charge in [0, 0.05) is 24.3 Å². The number of hydrogen-bond acceptors (Lipinski definition) is 3. The average Bonchev–Trinajstić information content (AvgIpc) is 2.80. The Labute approximate surface area is 147 Å². The Morgan fingerprint density at radius 1 is 1.28 bits per heavy atom. The number of carboxylic acids is 1. The minimum atomic E-state index is -0.889. The standard InChI is InChI=1S/C19H25N3O3/c1-11(9-17-13(3)21-22(5)14(17)4)18(23)20-16-8-6-7-15(10-16)12(2)19(24)25/h6-8,10-12H,9H2,1-5H3,(H,20,23)(H,24,25). The van der Waals surface area contributed by atoms with Crippen LogP contribution in [0.25, 0.3) is 0 Å². The first-order chi connectivity index (χ1) is 11.7. The Kier molecular flexibility index (Phi) is 5.62. The summed E-state index contributed by atoms with van der Waals surface area (Å²) < 4.78 is 1.83. The number of nitrogens with zero attached hydrogens (tertiary/aromatic N) is 2. The van der Waals surface area contributed by atoms with E-state index in [1.807, 2.05) is 32.5 Å². The SMILES string of the molecule is Cc1nn(C)c(C)c1CC(C)C(=O)Nc1cccc(C(C)C(=O)O)c1. The number of nitrogens with one attached hydrogen (secondary N) is 1. The molecule has 0 bridgehead atoms. The fourth-order valence-electron chi connectivity index (χ4n) is 2.81. The van der Waals surface area contributed by atoms with Gasteiger partial charge in [0.15, 0.2) is 0 Å². The van der Waals surface area contributed by atoms with Crippen molar-refractivity contribution in [1.82, 2.24) is 9.78 Å². The molecule has 1 amide bonds. The summed E-state index contributed by atoms with van der Waals surface area (Å²) in [6, 6.07) is 6.98. The summed E-state index contributed by atoms with van der Waals surface area (Å²) >= 11 is 0. The summed E-state index contributed by atoms with van der Waals surface area (Å²) in [4.78, 5) is 23.6. The zero-order valence-electron chi connectivity index (χ0n) is 15.3. The van der Waals surface area contributed by atoms with E-state index in [-0.39, 0.29) is 11.8 Å². The molecule has 0 aliphatic rings. The lowest BCUT2D eigenvalue weighted by Crippen LogP contribution is -2.22. The molecule has 0 aliphatic heterocycles. The summed E-state index contributed by atoms with van der Waals surface area (Å²) in [6.07, 6.45) is 0.614. The monoisotopic (exact) mass is 343 g/mol. The minimum absolute atomic E-state index is 0.0946. The highest BCUT2D eigenvalue weighted by atomic mass is 16.4. The third-order valence-corrected chi connectivity index (χ3v) is 4.64. The van der Waals surface area contributed by atoms with E-state index in [1.165, 1.54) is 0 Å². The maximum absolute atomic E-state index is 12.5. The molecule has 1 aromatic heterocycles. The van der Waals surface area contributed by atoms with Crippen molar-refractivity contribution in [2.45, 2.75) is 40.0 Å². The van der Waals surface area contributed by atoms with Gasteiger partial charge in [-0.1, -0.05) is 19.1 Å². The van der Waals surface area contributed by atoms with Gasteiger partial charge in [-0.2, -0.15) is 5.10 Å². The number of hydrogen-bond donors (Lipinski definition) is 2. The molecule has 6 nitrogen and oxygen atoms in total. The van der Waals surface area contributed by atoms with E-state index in [0.717, 1.165) is 17.0 Å². The molecule has 134 valence electrons. The van der Waals surface area contributed by atoms with E-state index < -0.39 is 11.9 Å². The number of aromatic nitrogens is 2. The average molecular weight is 343 g/mol. The van der Waals surface area contributed by atoms with Crippen LogP contribution in [0.1, 0.15) is 42.3 Å². The minimum Gasteiger partial charge on any atom is -0.481 e. The van der Waals surface area contributed by atoms with Crippen LogP contribution in [0.4, 0.5) is 5.69 Å². The number of benzene rings is 1. The van der Waals surface area contributed by atoms with E-state index in [4.69, 9.17) is 5.11 Å². The predicted molar refractivity (Wildman–Crippen MR) is 96.7 cm³/mol. The molecule has 2 aromatic rings. The molecule has 0 saturated carbocycles. The molecule has 2 atom stereocenters. The predicted octanol–water partition coefficient (Wildman–Crippen LogP) is 3.04. The Bertz CT molecular complexity index is 795. The van der Waals surface area contributed by atoms with Crippen LogP contribution < -0.4 is 5.32 Å². The highest BCUT2D eigenvalue weighted by molar-refractivity contribution is 5.92. The van der Waals surface area contributed by atoms with Crippen molar-refractivity contribution in [3.8, 4) is 0 Å². The molecular weight excluding hydrogens is 318 g/mol. The summed E-state index contributed by atoms with van der Waals surface area (Å²) in [6.45, 7) is 7.45. The Balaban J connectivity index is 2.09. The molecule has 1 heterocycles. The molecule has 0 fully saturated rings. The first-order valence-electron chi connectivity index (χ1n) is 8.33. The first-order valence-corrected chi connectivity index (χ1v) is 8.33.